The number of hydrogen-bond acceptors (Lipinski definition) is 4. The first-order valence-corrected chi connectivity index (χ1v) is 6.13. The van der Waals surface area contributed by atoms with E-state index in [1.807, 2.05) is 6.26 Å². The summed E-state index contributed by atoms with van der Waals surface area (Å²) in [5.74, 6) is 1.33. The Bertz CT molecular complexity index is 288. The molecule has 0 spiro atoms. The van der Waals surface area contributed by atoms with Gasteiger partial charge < -0.3 is 16.2 Å². The second-order valence-electron chi connectivity index (χ2n) is 3.20. The Morgan fingerprint density at radius 2 is 2.25 bits per heavy atom. The number of carboxylic acid groups (broad SMARTS) is 1. The summed E-state index contributed by atoms with van der Waals surface area (Å²) in [7, 11) is 0. The molecule has 0 fully saturated rings. The molecule has 90 valence electrons. The molecule has 0 rings (SSSR count). The maximum atomic E-state index is 11.4. The number of terminal acetylenes is 1. The van der Waals surface area contributed by atoms with Crippen molar-refractivity contribution in [3.8, 4) is 12.3 Å². The Hall–Kier alpha value is -1.19. The lowest BCUT2D eigenvalue weighted by atomic mass is 10.1. The molecule has 2 unspecified atom stereocenters. The fraction of sp³-hybridized carbons (Fsp3) is 0.600. The number of carbonyl (C=O) groups is 2. The normalized spacial score (nSPS) is 13.6. The Balaban J connectivity index is 4.23. The van der Waals surface area contributed by atoms with Gasteiger partial charge in [-0.25, -0.2) is 4.79 Å². The van der Waals surface area contributed by atoms with Crippen LogP contribution in [0.15, 0.2) is 0 Å². The largest absolute Gasteiger partial charge is 0.480 e. The van der Waals surface area contributed by atoms with Gasteiger partial charge in [-0.15, -0.1) is 12.3 Å². The maximum absolute atomic E-state index is 11.4. The van der Waals surface area contributed by atoms with Gasteiger partial charge in [-0.3, -0.25) is 4.79 Å². The summed E-state index contributed by atoms with van der Waals surface area (Å²) < 4.78 is 0. The quantitative estimate of drug-likeness (QED) is 0.533. The molecule has 4 N–H and O–H groups in total. The number of hydrogen-bond donors (Lipinski definition) is 3. The number of aliphatic carboxylic acids is 1. The predicted octanol–water partition coefficient (Wildman–Crippen LogP) is -0.340. The summed E-state index contributed by atoms with van der Waals surface area (Å²) in [5.41, 5.74) is 5.45. The van der Waals surface area contributed by atoms with Crippen LogP contribution in [0.5, 0.6) is 0 Å². The van der Waals surface area contributed by atoms with E-state index in [2.05, 4.69) is 11.2 Å². The molecule has 6 heteroatoms. The summed E-state index contributed by atoms with van der Waals surface area (Å²) in [5, 5.41) is 11.2. The van der Waals surface area contributed by atoms with Gasteiger partial charge >= 0.3 is 5.97 Å². The average molecular weight is 244 g/mol. The highest BCUT2D eigenvalue weighted by Crippen LogP contribution is 2.01. The molecule has 0 aromatic rings. The molecule has 0 aromatic heterocycles. The van der Waals surface area contributed by atoms with Crippen LogP contribution >= 0.6 is 11.8 Å². The van der Waals surface area contributed by atoms with E-state index in [1.54, 1.807) is 0 Å². The molecule has 0 aliphatic heterocycles. The van der Waals surface area contributed by atoms with Crippen molar-refractivity contribution in [2.45, 2.75) is 24.9 Å². The number of carbonyl (C=O) groups excluding carboxylic acids is 1. The lowest BCUT2D eigenvalue weighted by molar-refractivity contribution is -0.142. The zero-order valence-electron chi connectivity index (χ0n) is 9.10. The summed E-state index contributed by atoms with van der Waals surface area (Å²) in [6, 6.07) is -1.75. The van der Waals surface area contributed by atoms with Crippen molar-refractivity contribution in [1.29, 1.82) is 0 Å². The minimum absolute atomic E-state index is 0.0979. The van der Waals surface area contributed by atoms with Crippen LogP contribution in [0.25, 0.3) is 0 Å². The number of nitrogens with one attached hydrogen (secondary N) is 1. The molecule has 2 atom stereocenters. The van der Waals surface area contributed by atoms with Crippen LogP contribution in [0.2, 0.25) is 0 Å². The van der Waals surface area contributed by atoms with Gasteiger partial charge in [0.25, 0.3) is 0 Å². The van der Waals surface area contributed by atoms with Crippen LogP contribution in [0.4, 0.5) is 0 Å². The summed E-state index contributed by atoms with van der Waals surface area (Å²) in [4.78, 5) is 22.2. The van der Waals surface area contributed by atoms with Crippen LogP contribution in [0.1, 0.15) is 12.8 Å². The highest BCUT2D eigenvalue weighted by molar-refractivity contribution is 7.98. The van der Waals surface area contributed by atoms with E-state index in [0.29, 0.717) is 12.2 Å². The zero-order chi connectivity index (χ0) is 12.6. The first-order chi connectivity index (χ1) is 7.52. The second-order valence-corrected chi connectivity index (χ2v) is 4.18. The number of nitrogens with two attached hydrogens (primary N) is 1. The predicted molar refractivity (Wildman–Crippen MR) is 64.0 cm³/mol. The van der Waals surface area contributed by atoms with E-state index in [1.165, 1.54) is 11.8 Å². The molecular formula is C10H16N2O3S. The smallest absolute Gasteiger partial charge is 0.326 e. The highest BCUT2D eigenvalue weighted by atomic mass is 32.2. The van der Waals surface area contributed by atoms with Gasteiger partial charge in [0.1, 0.15) is 6.04 Å². The van der Waals surface area contributed by atoms with Gasteiger partial charge in [0, 0.05) is 6.42 Å². The molecule has 0 saturated carbocycles. The van der Waals surface area contributed by atoms with Crippen molar-refractivity contribution in [2.24, 2.45) is 5.73 Å². The van der Waals surface area contributed by atoms with Gasteiger partial charge in [0.15, 0.2) is 0 Å². The van der Waals surface area contributed by atoms with E-state index in [-0.39, 0.29) is 6.42 Å². The van der Waals surface area contributed by atoms with E-state index in [4.69, 9.17) is 17.3 Å². The van der Waals surface area contributed by atoms with Crippen molar-refractivity contribution in [1.82, 2.24) is 5.32 Å². The zero-order valence-corrected chi connectivity index (χ0v) is 9.92. The third kappa shape index (κ3) is 5.63. The number of carboxylic acids is 1. The van der Waals surface area contributed by atoms with Crippen LogP contribution in [0, 0.1) is 12.3 Å². The molecule has 0 bridgehead atoms. The molecular weight excluding hydrogens is 228 g/mol. The lowest BCUT2D eigenvalue weighted by Gasteiger charge is -2.16. The molecule has 16 heavy (non-hydrogen) atoms. The van der Waals surface area contributed by atoms with Crippen LogP contribution in [-0.2, 0) is 9.59 Å². The first-order valence-electron chi connectivity index (χ1n) is 4.74. The van der Waals surface area contributed by atoms with Crippen molar-refractivity contribution >= 4 is 23.6 Å². The summed E-state index contributed by atoms with van der Waals surface area (Å²) in [6.07, 6.45) is 7.34. The van der Waals surface area contributed by atoms with Gasteiger partial charge in [-0.05, 0) is 18.4 Å². The number of amides is 1. The van der Waals surface area contributed by atoms with Crippen LogP contribution in [0.3, 0.4) is 0 Å². The minimum atomic E-state index is -1.06. The van der Waals surface area contributed by atoms with Crippen molar-refractivity contribution < 1.29 is 14.7 Å². The van der Waals surface area contributed by atoms with E-state index >= 15 is 0 Å². The lowest BCUT2D eigenvalue weighted by Crippen LogP contribution is -2.48. The van der Waals surface area contributed by atoms with E-state index in [0.717, 1.165) is 0 Å². The third-order valence-corrected chi connectivity index (χ3v) is 2.54. The average Bonchev–Trinajstić information content (AvgIpc) is 2.23. The minimum Gasteiger partial charge on any atom is -0.480 e. The molecule has 0 aliphatic rings. The Kier molecular flexibility index (Phi) is 7.42. The first kappa shape index (κ1) is 14.8. The van der Waals surface area contributed by atoms with Gasteiger partial charge in [0.05, 0.1) is 6.04 Å². The van der Waals surface area contributed by atoms with Crippen molar-refractivity contribution in [3.05, 3.63) is 0 Å². The highest BCUT2D eigenvalue weighted by Gasteiger charge is 2.22. The summed E-state index contributed by atoms with van der Waals surface area (Å²) in [6.45, 7) is 0. The SMILES string of the molecule is C#CCC(N)C(=O)NC(CCSC)C(=O)O. The van der Waals surface area contributed by atoms with Gasteiger partial charge in [-0.2, -0.15) is 11.8 Å². The maximum Gasteiger partial charge on any atom is 0.326 e. The molecule has 0 aliphatic carbocycles. The Labute approximate surface area is 99.2 Å². The topological polar surface area (TPSA) is 92.4 Å². The standard InChI is InChI=1S/C10H16N2O3S/c1-3-4-7(11)9(13)12-8(10(14)15)5-6-16-2/h1,7-8H,4-6,11H2,2H3,(H,12,13)(H,14,15). The van der Waals surface area contributed by atoms with Crippen LogP contribution < -0.4 is 11.1 Å². The van der Waals surface area contributed by atoms with Crippen LogP contribution in [-0.4, -0.2) is 41.1 Å². The van der Waals surface area contributed by atoms with E-state index in [9.17, 15) is 9.59 Å². The van der Waals surface area contributed by atoms with E-state index < -0.39 is 24.0 Å². The third-order valence-electron chi connectivity index (χ3n) is 1.90. The number of rotatable bonds is 7. The molecule has 0 radical (unpaired) electrons. The molecule has 1 amide bonds. The number of thioether (sulfide) groups is 1. The van der Waals surface area contributed by atoms with Crippen molar-refractivity contribution in [3.63, 3.8) is 0 Å². The fourth-order valence-corrected chi connectivity index (χ4v) is 1.46. The Morgan fingerprint density at radius 3 is 2.69 bits per heavy atom. The fourth-order valence-electron chi connectivity index (χ4n) is 0.992. The van der Waals surface area contributed by atoms with Crippen molar-refractivity contribution in [2.75, 3.05) is 12.0 Å². The molecule has 0 aromatic carbocycles. The monoisotopic (exact) mass is 244 g/mol. The molecule has 0 heterocycles. The Morgan fingerprint density at radius 1 is 1.62 bits per heavy atom. The van der Waals surface area contributed by atoms with Gasteiger partial charge in [0.2, 0.25) is 5.91 Å². The molecule has 0 saturated heterocycles. The second kappa shape index (κ2) is 8.02. The van der Waals surface area contributed by atoms with Gasteiger partial charge in [-0.1, -0.05) is 0 Å². The molecule has 5 nitrogen and oxygen atoms in total. The summed E-state index contributed by atoms with van der Waals surface area (Å²) >= 11 is 1.51.